The van der Waals surface area contributed by atoms with Crippen molar-refractivity contribution in [1.29, 1.82) is 0 Å². The van der Waals surface area contributed by atoms with Crippen molar-refractivity contribution in [2.45, 2.75) is 19.3 Å². The molecule has 0 spiro atoms. The molecule has 0 amide bonds. The Morgan fingerprint density at radius 3 is 2.79 bits per heavy atom. The lowest BCUT2D eigenvalue weighted by molar-refractivity contribution is 0.134. The molecule has 0 aliphatic carbocycles. The summed E-state index contributed by atoms with van der Waals surface area (Å²) < 4.78 is 19.1. The van der Waals surface area contributed by atoms with Gasteiger partial charge in [-0.25, -0.2) is 4.39 Å². The summed E-state index contributed by atoms with van der Waals surface area (Å²) in [6, 6.07) is 10.4. The van der Waals surface area contributed by atoms with Crippen LogP contribution in [0.5, 0.6) is 0 Å². The molecule has 0 saturated heterocycles. The standard InChI is InChI=1S/C15H12BrFO2/c16-14-12(2-1-3-13(14)17)15(18)9-4-5-10-7-19-8-11(10)6-9/h1-6,15,18H,7-8H2. The Morgan fingerprint density at radius 2 is 1.95 bits per heavy atom. The molecule has 0 saturated carbocycles. The summed E-state index contributed by atoms with van der Waals surface area (Å²) in [5.41, 5.74) is 3.51. The minimum absolute atomic E-state index is 0.305. The SMILES string of the molecule is OC(c1ccc2c(c1)COC2)c1cccc(F)c1Br. The minimum Gasteiger partial charge on any atom is -0.384 e. The quantitative estimate of drug-likeness (QED) is 0.913. The number of fused-ring (bicyclic) bond motifs is 1. The van der Waals surface area contributed by atoms with E-state index in [4.69, 9.17) is 4.74 Å². The zero-order valence-corrected chi connectivity index (χ0v) is 11.7. The van der Waals surface area contributed by atoms with Crippen LogP contribution in [-0.4, -0.2) is 5.11 Å². The van der Waals surface area contributed by atoms with Crippen molar-refractivity contribution in [3.05, 3.63) is 68.9 Å². The topological polar surface area (TPSA) is 29.5 Å². The number of aliphatic hydroxyl groups is 1. The first kappa shape index (κ1) is 12.8. The van der Waals surface area contributed by atoms with E-state index in [1.54, 1.807) is 12.1 Å². The molecule has 1 atom stereocenters. The summed E-state index contributed by atoms with van der Waals surface area (Å²) in [4.78, 5) is 0. The Bertz CT molecular complexity index is 628. The van der Waals surface area contributed by atoms with E-state index in [2.05, 4.69) is 15.9 Å². The Balaban J connectivity index is 2.00. The van der Waals surface area contributed by atoms with Crippen molar-refractivity contribution in [3.8, 4) is 0 Å². The Hall–Kier alpha value is -1.23. The molecule has 0 aromatic heterocycles. The molecule has 3 rings (SSSR count). The molecule has 0 bridgehead atoms. The third-order valence-corrected chi connectivity index (χ3v) is 4.17. The molecule has 1 aliphatic rings. The van der Waals surface area contributed by atoms with Crippen LogP contribution in [0.2, 0.25) is 0 Å². The second-order valence-electron chi connectivity index (χ2n) is 4.57. The molecular weight excluding hydrogens is 311 g/mol. The fourth-order valence-corrected chi connectivity index (χ4v) is 2.75. The molecule has 2 aromatic carbocycles. The molecule has 0 radical (unpaired) electrons. The number of halogens is 2. The summed E-state index contributed by atoms with van der Waals surface area (Å²) in [5, 5.41) is 10.4. The van der Waals surface area contributed by atoms with Gasteiger partial charge in [0.1, 0.15) is 11.9 Å². The number of hydrogen-bond acceptors (Lipinski definition) is 2. The third-order valence-electron chi connectivity index (χ3n) is 3.34. The van der Waals surface area contributed by atoms with Gasteiger partial charge in [-0.2, -0.15) is 0 Å². The van der Waals surface area contributed by atoms with E-state index in [-0.39, 0.29) is 5.82 Å². The Kier molecular flexibility index (Phi) is 3.39. The van der Waals surface area contributed by atoms with Crippen molar-refractivity contribution in [1.82, 2.24) is 0 Å². The molecule has 2 aromatic rings. The van der Waals surface area contributed by atoms with Gasteiger partial charge in [0, 0.05) is 5.56 Å². The highest BCUT2D eigenvalue weighted by Crippen LogP contribution is 2.32. The van der Waals surface area contributed by atoms with Crippen LogP contribution in [0.25, 0.3) is 0 Å². The van der Waals surface area contributed by atoms with Gasteiger partial charge in [-0.1, -0.05) is 30.3 Å². The molecular formula is C15H12BrFO2. The van der Waals surface area contributed by atoms with E-state index in [1.807, 2.05) is 18.2 Å². The van der Waals surface area contributed by atoms with Crippen molar-refractivity contribution < 1.29 is 14.2 Å². The smallest absolute Gasteiger partial charge is 0.137 e. The van der Waals surface area contributed by atoms with Crippen LogP contribution in [0.1, 0.15) is 28.4 Å². The van der Waals surface area contributed by atoms with Gasteiger partial charge in [0.25, 0.3) is 0 Å². The van der Waals surface area contributed by atoms with Gasteiger partial charge >= 0.3 is 0 Å². The predicted molar refractivity (Wildman–Crippen MR) is 73.1 cm³/mol. The number of benzene rings is 2. The Labute approximate surface area is 119 Å². The van der Waals surface area contributed by atoms with Crippen LogP contribution in [0, 0.1) is 5.82 Å². The number of rotatable bonds is 2. The monoisotopic (exact) mass is 322 g/mol. The van der Waals surface area contributed by atoms with Crippen LogP contribution < -0.4 is 0 Å². The van der Waals surface area contributed by atoms with Crippen molar-refractivity contribution >= 4 is 15.9 Å². The lowest BCUT2D eigenvalue weighted by Gasteiger charge is -2.14. The molecule has 1 N–H and O–H groups in total. The molecule has 1 unspecified atom stereocenters. The highest BCUT2D eigenvalue weighted by Gasteiger charge is 2.18. The normalized spacial score (nSPS) is 15.3. The predicted octanol–water partition coefficient (Wildman–Crippen LogP) is 3.70. The minimum atomic E-state index is -0.851. The molecule has 1 aliphatic heterocycles. The second-order valence-corrected chi connectivity index (χ2v) is 5.36. The van der Waals surface area contributed by atoms with Gasteiger partial charge in [0.2, 0.25) is 0 Å². The molecule has 0 fully saturated rings. The highest BCUT2D eigenvalue weighted by atomic mass is 79.9. The van der Waals surface area contributed by atoms with Crippen LogP contribution in [0.4, 0.5) is 4.39 Å². The Morgan fingerprint density at radius 1 is 1.16 bits per heavy atom. The molecule has 4 heteroatoms. The fourth-order valence-electron chi connectivity index (χ4n) is 2.27. The first-order chi connectivity index (χ1) is 9.16. The maximum Gasteiger partial charge on any atom is 0.137 e. The summed E-state index contributed by atoms with van der Waals surface area (Å²) in [5.74, 6) is -0.374. The highest BCUT2D eigenvalue weighted by molar-refractivity contribution is 9.10. The van der Waals surface area contributed by atoms with Crippen molar-refractivity contribution in [2.75, 3.05) is 0 Å². The van der Waals surface area contributed by atoms with E-state index in [9.17, 15) is 9.50 Å². The van der Waals surface area contributed by atoms with Crippen LogP contribution >= 0.6 is 15.9 Å². The summed E-state index contributed by atoms with van der Waals surface area (Å²) in [6.07, 6.45) is -0.851. The molecule has 98 valence electrons. The average molecular weight is 323 g/mol. The van der Waals surface area contributed by atoms with Gasteiger partial charge < -0.3 is 9.84 Å². The van der Waals surface area contributed by atoms with Crippen LogP contribution in [0.3, 0.4) is 0 Å². The number of aliphatic hydroxyl groups excluding tert-OH is 1. The zero-order valence-electron chi connectivity index (χ0n) is 10.1. The summed E-state index contributed by atoms with van der Waals surface area (Å²) in [7, 11) is 0. The van der Waals surface area contributed by atoms with Gasteiger partial charge in [0.05, 0.1) is 17.7 Å². The third kappa shape index (κ3) is 2.31. The van der Waals surface area contributed by atoms with Crippen molar-refractivity contribution in [3.63, 3.8) is 0 Å². The van der Waals surface area contributed by atoms with E-state index in [1.165, 1.54) is 6.07 Å². The number of ether oxygens (including phenoxy) is 1. The van der Waals surface area contributed by atoms with Crippen LogP contribution in [-0.2, 0) is 18.0 Å². The van der Waals surface area contributed by atoms with Gasteiger partial charge in [0.15, 0.2) is 0 Å². The van der Waals surface area contributed by atoms with Crippen LogP contribution in [0.15, 0.2) is 40.9 Å². The maximum atomic E-state index is 13.5. The van der Waals surface area contributed by atoms with Crippen molar-refractivity contribution in [2.24, 2.45) is 0 Å². The zero-order chi connectivity index (χ0) is 13.4. The van der Waals surface area contributed by atoms with E-state index < -0.39 is 6.10 Å². The van der Waals surface area contributed by atoms with Gasteiger partial charge in [-0.3, -0.25) is 0 Å². The molecule has 19 heavy (non-hydrogen) atoms. The maximum absolute atomic E-state index is 13.5. The molecule has 2 nitrogen and oxygen atoms in total. The van der Waals surface area contributed by atoms with E-state index in [0.29, 0.717) is 23.2 Å². The molecule has 1 heterocycles. The largest absolute Gasteiger partial charge is 0.384 e. The second kappa shape index (κ2) is 5.04. The lowest BCUT2D eigenvalue weighted by atomic mass is 9.98. The fraction of sp³-hybridized carbons (Fsp3) is 0.200. The number of hydrogen-bond donors (Lipinski definition) is 1. The first-order valence-corrected chi connectivity index (χ1v) is 6.77. The van der Waals surface area contributed by atoms with Gasteiger partial charge in [-0.05, 0) is 38.7 Å². The van der Waals surface area contributed by atoms with E-state index >= 15 is 0 Å². The van der Waals surface area contributed by atoms with Gasteiger partial charge in [-0.15, -0.1) is 0 Å². The first-order valence-electron chi connectivity index (χ1n) is 5.98. The lowest BCUT2D eigenvalue weighted by Crippen LogP contribution is -2.02. The summed E-state index contributed by atoms with van der Waals surface area (Å²) in [6.45, 7) is 1.19. The van der Waals surface area contributed by atoms with E-state index in [0.717, 1.165) is 16.7 Å². The summed E-state index contributed by atoms with van der Waals surface area (Å²) >= 11 is 3.18. The average Bonchev–Trinajstić information content (AvgIpc) is 2.88.